The van der Waals surface area contributed by atoms with Crippen molar-refractivity contribution in [1.82, 2.24) is 10.7 Å². The monoisotopic (exact) mass is 433 g/mol. The van der Waals surface area contributed by atoms with Crippen LogP contribution in [0.3, 0.4) is 0 Å². The molecular formula is C19H20BrN3O4. The Kier molecular flexibility index (Phi) is 7.81. The predicted octanol–water partition coefficient (Wildman–Crippen LogP) is 2.96. The summed E-state index contributed by atoms with van der Waals surface area (Å²) in [6.07, 6.45) is 0.924. The van der Waals surface area contributed by atoms with Crippen LogP contribution in [-0.4, -0.2) is 36.0 Å². The third-order valence-corrected chi connectivity index (χ3v) is 4.03. The van der Waals surface area contributed by atoms with E-state index in [1.165, 1.54) is 12.3 Å². The molecule has 0 saturated carbocycles. The number of hydrazone groups is 1. The third kappa shape index (κ3) is 6.74. The minimum absolute atomic E-state index is 0.0293. The number of hydrogen-bond acceptors (Lipinski definition) is 5. The molecule has 27 heavy (non-hydrogen) atoms. The van der Waals surface area contributed by atoms with Gasteiger partial charge in [-0.2, -0.15) is 5.10 Å². The highest BCUT2D eigenvalue weighted by Crippen LogP contribution is 2.19. The van der Waals surface area contributed by atoms with Crippen LogP contribution in [0.25, 0.3) is 0 Å². The molecule has 2 rings (SSSR count). The van der Waals surface area contributed by atoms with Crippen LogP contribution in [0.4, 0.5) is 4.79 Å². The Bertz CT molecular complexity index is 812. The molecular weight excluding hydrogens is 414 g/mol. The summed E-state index contributed by atoms with van der Waals surface area (Å²) < 4.78 is 5.62. The maximum atomic E-state index is 12.5. The van der Waals surface area contributed by atoms with Crippen LogP contribution in [0, 0.1) is 0 Å². The van der Waals surface area contributed by atoms with Gasteiger partial charge in [-0.1, -0.05) is 46.3 Å². The highest BCUT2D eigenvalue weighted by Gasteiger charge is 2.21. The van der Waals surface area contributed by atoms with Crippen molar-refractivity contribution >= 4 is 34.1 Å². The van der Waals surface area contributed by atoms with Crippen LogP contribution in [-0.2, 0) is 16.0 Å². The number of phenolic OH excluding ortho intramolecular Hbond substituents is 1. The number of nitrogens with one attached hydrogen (secondary N) is 2. The predicted molar refractivity (Wildman–Crippen MR) is 106 cm³/mol. The van der Waals surface area contributed by atoms with Crippen LogP contribution in [0.2, 0.25) is 0 Å². The standard InChI is InChI=1S/C19H20BrN3O4/c1-2-27-19(26)22-16(10-13-6-4-3-5-7-13)18(25)23-21-12-14-11-15(20)8-9-17(14)24/h3-9,11-12,16,24H,2,10H2,1H3,(H,22,26)(H,23,25)/b21-12-/t16-/m0/s1. The summed E-state index contributed by atoms with van der Waals surface area (Å²) in [6.45, 7) is 1.88. The zero-order valence-corrected chi connectivity index (χ0v) is 16.3. The van der Waals surface area contributed by atoms with Gasteiger partial charge in [0.2, 0.25) is 0 Å². The lowest BCUT2D eigenvalue weighted by atomic mass is 10.1. The number of nitrogens with zero attached hydrogens (tertiary/aromatic N) is 1. The van der Waals surface area contributed by atoms with Crippen molar-refractivity contribution in [3.63, 3.8) is 0 Å². The van der Waals surface area contributed by atoms with Gasteiger partial charge in [-0.25, -0.2) is 10.2 Å². The van der Waals surface area contributed by atoms with E-state index >= 15 is 0 Å². The summed E-state index contributed by atoms with van der Waals surface area (Å²) in [5.41, 5.74) is 3.69. The zero-order chi connectivity index (χ0) is 19.6. The molecule has 0 unspecified atom stereocenters. The number of rotatable bonds is 7. The molecule has 0 aliphatic heterocycles. The first kappa shape index (κ1) is 20.4. The van der Waals surface area contributed by atoms with E-state index in [4.69, 9.17) is 4.74 Å². The summed E-state index contributed by atoms with van der Waals surface area (Å²) in [4.78, 5) is 24.2. The smallest absolute Gasteiger partial charge is 0.407 e. The Morgan fingerprint density at radius 2 is 2.00 bits per heavy atom. The number of alkyl carbamates (subject to hydrolysis) is 1. The number of ether oxygens (including phenoxy) is 1. The van der Waals surface area contributed by atoms with Gasteiger partial charge in [-0.3, -0.25) is 4.79 Å². The van der Waals surface area contributed by atoms with Gasteiger partial charge >= 0.3 is 6.09 Å². The molecule has 0 fully saturated rings. The van der Waals surface area contributed by atoms with Gasteiger partial charge in [0.05, 0.1) is 12.8 Å². The molecule has 2 aromatic carbocycles. The van der Waals surface area contributed by atoms with E-state index < -0.39 is 18.0 Å². The summed E-state index contributed by atoms with van der Waals surface area (Å²) in [6, 6.07) is 13.3. The topological polar surface area (TPSA) is 100 Å². The van der Waals surface area contributed by atoms with Gasteiger partial charge in [-0.05, 0) is 30.7 Å². The summed E-state index contributed by atoms with van der Waals surface area (Å²) in [5.74, 6) is -0.473. The van der Waals surface area contributed by atoms with Crippen molar-refractivity contribution in [2.24, 2.45) is 5.10 Å². The molecule has 3 N–H and O–H groups in total. The lowest BCUT2D eigenvalue weighted by molar-refractivity contribution is -0.123. The van der Waals surface area contributed by atoms with E-state index in [1.807, 2.05) is 30.3 Å². The first-order valence-electron chi connectivity index (χ1n) is 8.28. The molecule has 142 valence electrons. The van der Waals surface area contributed by atoms with Gasteiger partial charge in [0.25, 0.3) is 5.91 Å². The van der Waals surface area contributed by atoms with Crippen LogP contribution < -0.4 is 10.7 Å². The zero-order valence-electron chi connectivity index (χ0n) is 14.7. The van der Waals surface area contributed by atoms with Gasteiger partial charge < -0.3 is 15.2 Å². The van der Waals surface area contributed by atoms with Crippen LogP contribution >= 0.6 is 15.9 Å². The molecule has 0 spiro atoms. The highest BCUT2D eigenvalue weighted by atomic mass is 79.9. The molecule has 0 aliphatic carbocycles. The maximum Gasteiger partial charge on any atom is 0.407 e. The molecule has 1 atom stereocenters. The lowest BCUT2D eigenvalue weighted by Gasteiger charge is -2.16. The van der Waals surface area contributed by atoms with Crippen molar-refractivity contribution in [3.8, 4) is 5.75 Å². The minimum Gasteiger partial charge on any atom is -0.507 e. The molecule has 7 nitrogen and oxygen atoms in total. The average Bonchev–Trinajstić information content (AvgIpc) is 2.65. The fraction of sp³-hybridized carbons (Fsp3) is 0.211. The molecule has 0 heterocycles. The number of aromatic hydroxyl groups is 1. The Hall–Kier alpha value is -2.87. The molecule has 2 amide bonds. The van der Waals surface area contributed by atoms with Crippen molar-refractivity contribution < 1.29 is 19.4 Å². The molecule has 0 bridgehead atoms. The number of halogens is 1. The molecule has 0 radical (unpaired) electrons. The van der Waals surface area contributed by atoms with E-state index in [1.54, 1.807) is 19.1 Å². The maximum absolute atomic E-state index is 12.5. The number of hydrogen-bond donors (Lipinski definition) is 3. The van der Waals surface area contributed by atoms with E-state index in [2.05, 4.69) is 31.8 Å². The highest BCUT2D eigenvalue weighted by molar-refractivity contribution is 9.10. The first-order chi connectivity index (χ1) is 13.0. The van der Waals surface area contributed by atoms with E-state index in [-0.39, 0.29) is 18.8 Å². The molecule has 0 aliphatic rings. The van der Waals surface area contributed by atoms with E-state index in [9.17, 15) is 14.7 Å². The average molecular weight is 434 g/mol. The van der Waals surface area contributed by atoms with Gasteiger partial charge in [0.1, 0.15) is 11.8 Å². The largest absolute Gasteiger partial charge is 0.507 e. The lowest BCUT2D eigenvalue weighted by Crippen LogP contribution is -2.47. The van der Waals surface area contributed by atoms with Crippen molar-refractivity contribution in [1.29, 1.82) is 0 Å². The number of carbonyl (C=O) groups is 2. The summed E-state index contributed by atoms with van der Waals surface area (Å²) >= 11 is 3.30. The van der Waals surface area contributed by atoms with E-state index in [0.717, 1.165) is 10.0 Å². The van der Waals surface area contributed by atoms with Crippen molar-refractivity contribution in [2.75, 3.05) is 6.61 Å². The molecule has 8 heteroatoms. The Morgan fingerprint density at radius 3 is 2.70 bits per heavy atom. The van der Waals surface area contributed by atoms with E-state index in [0.29, 0.717) is 5.56 Å². The first-order valence-corrected chi connectivity index (χ1v) is 9.07. The minimum atomic E-state index is -0.861. The second kappa shape index (κ2) is 10.3. The quantitative estimate of drug-likeness (QED) is 0.461. The third-order valence-electron chi connectivity index (χ3n) is 3.53. The number of carbonyl (C=O) groups excluding carboxylic acids is 2. The number of amides is 2. The second-order valence-electron chi connectivity index (χ2n) is 5.54. The summed E-state index contributed by atoms with van der Waals surface area (Å²) in [5, 5.41) is 16.2. The van der Waals surface area contributed by atoms with Gasteiger partial charge in [0, 0.05) is 16.5 Å². The fourth-order valence-corrected chi connectivity index (χ4v) is 2.63. The van der Waals surface area contributed by atoms with Crippen LogP contribution in [0.5, 0.6) is 5.75 Å². The second-order valence-corrected chi connectivity index (χ2v) is 6.46. The molecule has 2 aromatic rings. The number of phenols is 1. The normalized spacial score (nSPS) is 11.8. The summed E-state index contributed by atoms with van der Waals surface area (Å²) in [7, 11) is 0. The van der Waals surface area contributed by atoms with Gasteiger partial charge in [0.15, 0.2) is 0 Å². The van der Waals surface area contributed by atoms with Crippen molar-refractivity contribution in [3.05, 3.63) is 64.1 Å². The fourth-order valence-electron chi connectivity index (χ4n) is 2.25. The van der Waals surface area contributed by atoms with Gasteiger partial charge in [-0.15, -0.1) is 0 Å². The Labute approximate surface area is 165 Å². The molecule has 0 saturated heterocycles. The SMILES string of the molecule is CCOC(=O)N[C@@H](Cc1ccccc1)C(=O)N/N=C\c1cc(Br)ccc1O. The Morgan fingerprint density at radius 1 is 1.26 bits per heavy atom. The van der Waals surface area contributed by atoms with Crippen LogP contribution in [0.1, 0.15) is 18.1 Å². The van der Waals surface area contributed by atoms with Crippen molar-refractivity contribution in [2.45, 2.75) is 19.4 Å². The Balaban J connectivity index is 2.06. The number of benzene rings is 2. The van der Waals surface area contributed by atoms with Crippen LogP contribution in [0.15, 0.2) is 58.1 Å². The molecule has 0 aromatic heterocycles.